The van der Waals surface area contributed by atoms with Crippen molar-refractivity contribution in [2.75, 3.05) is 0 Å². The van der Waals surface area contributed by atoms with Gasteiger partial charge in [-0.2, -0.15) is 4.98 Å². The highest BCUT2D eigenvalue weighted by molar-refractivity contribution is 6.28. The largest absolute Gasteiger partial charge is 0.351 e. The summed E-state index contributed by atoms with van der Waals surface area (Å²) in [6.45, 7) is 0. The maximum Gasteiger partial charge on any atom is 0.351 e. The first-order valence-corrected chi connectivity index (χ1v) is 2.42. The second-order valence-electron chi connectivity index (χ2n) is 1.29. The van der Waals surface area contributed by atoms with Crippen LogP contribution in [0.5, 0.6) is 0 Å². The molecule has 2 N–H and O–H groups in total. The third-order valence-corrected chi connectivity index (χ3v) is 0.816. The summed E-state index contributed by atoms with van der Waals surface area (Å²) in [4.78, 5) is 27.6. The Morgan fingerprint density at radius 2 is 2.00 bits per heavy atom. The molecule has 0 aliphatic rings. The van der Waals surface area contributed by atoms with Crippen molar-refractivity contribution in [1.29, 1.82) is 0 Å². The molecule has 1 aromatic rings. The molecule has 6 heteroatoms. The summed E-state index contributed by atoms with van der Waals surface area (Å²) in [6, 6.07) is 0. The second-order valence-corrected chi connectivity index (χ2v) is 1.64. The summed E-state index contributed by atoms with van der Waals surface area (Å²) in [5, 5.41) is -0.205. The standard InChI is InChI=1S/C3H2ClN3O2/c4-1-5-2(8)7-3(9)6-1/h(H2,5,6,7,8,9). The van der Waals surface area contributed by atoms with Gasteiger partial charge in [0.1, 0.15) is 0 Å². The summed E-state index contributed by atoms with van der Waals surface area (Å²) < 4.78 is 0. The molecule has 0 fully saturated rings. The summed E-state index contributed by atoms with van der Waals surface area (Å²) >= 11 is 5.16. The first-order chi connectivity index (χ1) is 4.18. The smallest absolute Gasteiger partial charge is 0.282 e. The van der Waals surface area contributed by atoms with Gasteiger partial charge in [0.2, 0.25) is 5.28 Å². The Labute approximate surface area is 53.7 Å². The lowest BCUT2D eigenvalue weighted by Crippen LogP contribution is -2.24. The first-order valence-electron chi connectivity index (χ1n) is 2.04. The van der Waals surface area contributed by atoms with E-state index in [1.54, 1.807) is 0 Å². The highest BCUT2D eigenvalue weighted by atomic mass is 35.5. The van der Waals surface area contributed by atoms with Gasteiger partial charge in [0.15, 0.2) is 0 Å². The van der Waals surface area contributed by atoms with Crippen LogP contribution in [0.2, 0.25) is 5.28 Å². The maximum absolute atomic E-state index is 10.3. The van der Waals surface area contributed by atoms with Crippen LogP contribution in [0.1, 0.15) is 0 Å². The zero-order chi connectivity index (χ0) is 6.85. The lowest BCUT2D eigenvalue weighted by molar-refractivity contribution is 0.934. The third kappa shape index (κ3) is 1.39. The van der Waals surface area contributed by atoms with Gasteiger partial charge in [0.05, 0.1) is 0 Å². The van der Waals surface area contributed by atoms with Gasteiger partial charge >= 0.3 is 11.4 Å². The molecule has 0 bridgehead atoms. The van der Waals surface area contributed by atoms with Crippen molar-refractivity contribution in [3.63, 3.8) is 0 Å². The van der Waals surface area contributed by atoms with E-state index in [0.717, 1.165) is 0 Å². The summed E-state index contributed by atoms with van der Waals surface area (Å²) in [5.74, 6) is 0. The van der Waals surface area contributed by atoms with E-state index in [2.05, 4.69) is 9.97 Å². The zero-order valence-electron chi connectivity index (χ0n) is 4.14. The molecule has 0 saturated heterocycles. The Morgan fingerprint density at radius 1 is 1.33 bits per heavy atom. The van der Waals surface area contributed by atoms with Crippen molar-refractivity contribution in [2.45, 2.75) is 0 Å². The molecule has 0 aromatic carbocycles. The fourth-order valence-corrected chi connectivity index (χ4v) is 0.530. The fourth-order valence-electron chi connectivity index (χ4n) is 0.367. The average molecular weight is 148 g/mol. The molecular formula is C3H2ClN3O2. The van der Waals surface area contributed by atoms with E-state index in [1.807, 2.05) is 4.98 Å². The van der Waals surface area contributed by atoms with Crippen LogP contribution < -0.4 is 11.4 Å². The molecule has 0 unspecified atom stereocenters. The number of halogens is 1. The van der Waals surface area contributed by atoms with Crippen molar-refractivity contribution in [3.8, 4) is 0 Å². The van der Waals surface area contributed by atoms with Crippen LogP contribution in [-0.2, 0) is 0 Å². The minimum Gasteiger partial charge on any atom is -0.282 e. The van der Waals surface area contributed by atoms with Crippen molar-refractivity contribution in [1.82, 2.24) is 15.0 Å². The molecule has 0 radical (unpaired) electrons. The molecular weight excluding hydrogens is 146 g/mol. The van der Waals surface area contributed by atoms with Gasteiger partial charge in [-0.05, 0) is 11.6 Å². The molecule has 1 rings (SSSR count). The lowest BCUT2D eigenvalue weighted by Gasteiger charge is -1.82. The van der Waals surface area contributed by atoms with Gasteiger partial charge < -0.3 is 0 Å². The van der Waals surface area contributed by atoms with Crippen LogP contribution in [0, 0.1) is 0 Å². The Hall–Kier alpha value is -1.10. The SMILES string of the molecule is O=c1nc(Cl)[nH]c(=O)[nH]1. The zero-order valence-corrected chi connectivity index (χ0v) is 4.90. The Kier molecular flexibility index (Phi) is 1.35. The summed E-state index contributed by atoms with van der Waals surface area (Å²) in [6.07, 6.45) is 0. The fraction of sp³-hybridized carbons (Fsp3) is 0. The number of aromatic amines is 2. The first kappa shape index (κ1) is 6.03. The number of nitrogens with zero attached hydrogens (tertiary/aromatic N) is 1. The molecule has 0 aliphatic carbocycles. The topological polar surface area (TPSA) is 78.6 Å². The molecule has 9 heavy (non-hydrogen) atoms. The number of aromatic nitrogens is 3. The molecule has 0 saturated carbocycles. The van der Waals surface area contributed by atoms with Gasteiger partial charge in [0, 0.05) is 0 Å². The van der Waals surface area contributed by atoms with E-state index in [1.165, 1.54) is 0 Å². The van der Waals surface area contributed by atoms with Crippen LogP contribution in [0.15, 0.2) is 9.59 Å². The van der Waals surface area contributed by atoms with Gasteiger partial charge in [0.25, 0.3) is 0 Å². The van der Waals surface area contributed by atoms with Gasteiger partial charge in [-0.3, -0.25) is 9.97 Å². The van der Waals surface area contributed by atoms with Crippen LogP contribution in [0.3, 0.4) is 0 Å². The predicted octanol–water partition coefficient (Wildman–Crippen LogP) is -0.888. The normalized spacial score (nSPS) is 9.44. The van der Waals surface area contributed by atoms with Crippen molar-refractivity contribution in [2.24, 2.45) is 0 Å². The molecule has 0 spiro atoms. The molecule has 0 aliphatic heterocycles. The van der Waals surface area contributed by atoms with Crippen LogP contribution in [0.4, 0.5) is 0 Å². The Morgan fingerprint density at radius 3 is 2.44 bits per heavy atom. The van der Waals surface area contributed by atoms with E-state index in [-0.39, 0.29) is 5.28 Å². The Balaban J connectivity index is 3.52. The van der Waals surface area contributed by atoms with E-state index in [0.29, 0.717) is 0 Å². The number of hydrogen-bond acceptors (Lipinski definition) is 3. The number of rotatable bonds is 0. The van der Waals surface area contributed by atoms with Crippen molar-refractivity contribution in [3.05, 3.63) is 26.3 Å². The van der Waals surface area contributed by atoms with Crippen molar-refractivity contribution < 1.29 is 0 Å². The van der Waals surface area contributed by atoms with Crippen LogP contribution in [-0.4, -0.2) is 15.0 Å². The molecule has 0 atom stereocenters. The van der Waals surface area contributed by atoms with E-state index in [4.69, 9.17) is 11.6 Å². The monoisotopic (exact) mass is 147 g/mol. The predicted molar refractivity (Wildman–Crippen MR) is 30.5 cm³/mol. The van der Waals surface area contributed by atoms with Gasteiger partial charge in [-0.1, -0.05) is 0 Å². The highest BCUT2D eigenvalue weighted by Crippen LogP contribution is 1.85. The van der Waals surface area contributed by atoms with E-state index in [9.17, 15) is 9.59 Å². The second kappa shape index (κ2) is 2.02. The Bertz CT molecular complexity index is 285. The quantitative estimate of drug-likeness (QED) is 0.500. The number of nitrogens with one attached hydrogen (secondary N) is 2. The molecule has 1 heterocycles. The van der Waals surface area contributed by atoms with E-state index < -0.39 is 11.4 Å². The molecule has 1 aromatic heterocycles. The van der Waals surface area contributed by atoms with Crippen LogP contribution >= 0.6 is 11.6 Å². The summed E-state index contributed by atoms with van der Waals surface area (Å²) in [5.41, 5.74) is -1.40. The molecule has 5 nitrogen and oxygen atoms in total. The average Bonchev–Trinajstić information content (AvgIpc) is 1.59. The lowest BCUT2D eigenvalue weighted by atomic mass is 11.0. The summed E-state index contributed by atoms with van der Waals surface area (Å²) in [7, 11) is 0. The van der Waals surface area contributed by atoms with E-state index >= 15 is 0 Å². The van der Waals surface area contributed by atoms with Crippen LogP contribution in [0.25, 0.3) is 0 Å². The molecule has 48 valence electrons. The maximum atomic E-state index is 10.3. The number of hydrogen-bond donors (Lipinski definition) is 2. The molecule has 0 amide bonds. The third-order valence-electron chi connectivity index (χ3n) is 0.637. The van der Waals surface area contributed by atoms with Crippen molar-refractivity contribution >= 4 is 11.6 Å². The van der Waals surface area contributed by atoms with Gasteiger partial charge in [-0.25, -0.2) is 9.59 Å². The minimum atomic E-state index is -0.747. The highest BCUT2D eigenvalue weighted by Gasteiger charge is 1.89. The van der Waals surface area contributed by atoms with Gasteiger partial charge in [-0.15, -0.1) is 0 Å². The minimum absolute atomic E-state index is 0.205. The number of H-pyrrole nitrogens is 2.